The van der Waals surface area contributed by atoms with Crippen LogP contribution in [0.2, 0.25) is 0 Å². The van der Waals surface area contributed by atoms with Crippen LogP contribution in [0, 0.1) is 0 Å². The maximum Gasteiger partial charge on any atom is 0.215 e. The van der Waals surface area contributed by atoms with E-state index < -0.39 is 0 Å². The van der Waals surface area contributed by atoms with Gasteiger partial charge in [0.2, 0.25) is 5.88 Å². The Balaban J connectivity index is 1.74. The van der Waals surface area contributed by atoms with Gasteiger partial charge in [-0.1, -0.05) is 12.1 Å². The first-order valence-electron chi connectivity index (χ1n) is 9.29. The minimum Gasteiger partial charge on any atom is -0.474 e. The van der Waals surface area contributed by atoms with Crippen LogP contribution in [0.25, 0.3) is 28.2 Å². The molecule has 0 spiro atoms. The standard InChI is InChI=1S/C21H20N6O/c22-12-13-3-5-14(6-4-13)27-20(16-2-1-11-24-19(16)23)25-17-9-10-18(26-21(17)27)28-15-7-8-15/h1-6,9-11,15H,7-8,12,22H2,(H2,23,24). The van der Waals surface area contributed by atoms with Crippen molar-refractivity contribution >= 4 is 17.0 Å². The molecular formula is C21H20N6O. The molecule has 140 valence electrons. The molecule has 4 aromatic rings. The number of ether oxygens (including phenoxy) is 1. The highest BCUT2D eigenvalue weighted by Gasteiger charge is 2.25. The Morgan fingerprint density at radius 3 is 2.57 bits per heavy atom. The van der Waals surface area contributed by atoms with Crippen molar-refractivity contribution < 1.29 is 4.74 Å². The normalized spacial score (nSPS) is 13.8. The lowest BCUT2D eigenvalue weighted by atomic mass is 10.2. The van der Waals surface area contributed by atoms with Crippen LogP contribution in [0.1, 0.15) is 18.4 Å². The number of pyridine rings is 2. The number of aromatic nitrogens is 4. The molecule has 7 heteroatoms. The largest absolute Gasteiger partial charge is 0.474 e. The summed E-state index contributed by atoms with van der Waals surface area (Å²) in [5.41, 5.74) is 16.1. The van der Waals surface area contributed by atoms with Crippen LogP contribution >= 0.6 is 0 Å². The Bertz CT molecular complexity index is 1150. The topological polar surface area (TPSA) is 105 Å². The molecule has 3 heterocycles. The molecule has 0 radical (unpaired) electrons. The van der Waals surface area contributed by atoms with E-state index in [2.05, 4.69) is 4.98 Å². The zero-order valence-corrected chi connectivity index (χ0v) is 15.2. The van der Waals surface area contributed by atoms with Crippen LogP contribution in [-0.4, -0.2) is 25.6 Å². The number of hydrogen-bond donors (Lipinski definition) is 2. The molecule has 0 bridgehead atoms. The lowest BCUT2D eigenvalue weighted by Gasteiger charge is -2.11. The Morgan fingerprint density at radius 1 is 1.04 bits per heavy atom. The quantitative estimate of drug-likeness (QED) is 0.558. The summed E-state index contributed by atoms with van der Waals surface area (Å²) >= 11 is 0. The number of nitrogen functional groups attached to an aromatic ring is 1. The van der Waals surface area contributed by atoms with Gasteiger partial charge < -0.3 is 16.2 Å². The van der Waals surface area contributed by atoms with Gasteiger partial charge in [-0.15, -0.1) is 0 Å². The van der Waals surface area contributed by atoms with Gasteiger partial charge in [-0.3, -0.25) is 4.57 Å². The molecule has 0 saturated heterocycles. The summed E-state index contributed by atoms with van der Waals surface area (Å²) in [7, 11) is 0. The van der Waals surface area contributed by atoms with E-state index in [0.717, 1.165) is 40.8 Å². The Kier molecular flexibility index (Phi) is 3.95. The molecule has 7 nitrogen and oxygen atoms in total. The second kappa shape index (κ2) is 6.61. The van der Waals surface area contributed by atoms with Gasteiger partial charge in [0.15, 0.2) is 11.5 Å². The summed E-state index contributed by atoms with van der Waals surface area (Å²) in [4.78, 5) is 13.8. The molecule has 0 amide bonds. The van der Waals surface area contributed by atoms with Gasteiger partial charge in [-0.2, -0.15) is 4.98 Å². The van der Waals surface area contributed by atoms with Crippen molar-refractivity contribution in [3.8, 4) is 23.0 Å². The van der Waals surface area contributed by atoms with Crippen LogP contribution in [0.5, 0.6) is 5.88 Å². The van der Waals surface area contributed by atoms with Gasteiger partial charge in [0, 0.05) is 24.5 Å². The highest BCUT2D eigenvalue weighted by atomic mass is 16.5. The fraction of sp³-hybridized carbons (Fsp3) is 0.190. The molecule has 1 saturated carbocycles. The molecule has 1 aromatic carbocycles. The van der Waals surface area contributed by atoms with Gasteiger partial charge in [0.25, 0.3) is 0 Å². The number of fused-ring (bicyclic) bond motifs is 1. The first-order valence-corrected chi connectivity index (χ1v) is 9.29. The van der Waals surface area contributed by atoms with E-state index in [-0.39, 0.29) is 6.10 Å². The molecule has 1 aliphatic carbocycles. The third-order valence-corrected chi connectivity index (χ3v) is 4.80. The van der Waals surface area contributed by atoms with Crippen LogP contribution in [0.4, 0.5) is 5.82 Å². The maximum absolute atomic E-state index is 6.15. The van der Waals surface area contributed by atoms with Crippen molar-refractivity contribution in [2.24, 2.45) is 5.73 Å². The molecule has 0 aliphatic heterocycles. The summed E-state index contributed by atoms with van der Waals surface area (Å²) in [5.74, 6) is 1.73. The average Bonchev–Trinajstić information content (AvgIpc) is 3.46. The number of imidazole rings is 1. The van der Waals surface area contributed by atoms with E-state index in [9.17, 15) is 0 Å². The number of nitrogens with zero attached hydrogens (tertiary/aromatic N) is 4. The van der Waals surface area contributed by atoms with E-state index in [1.54, 1.807) is 6.20 Å². The number of hydrogen-bond acceptors (Lipinski definition) is 6. The summed E-state index contributed by atoms with van der Waals surface area (Å²) in [6.45, 7) is 0.491. The minimum atomic E-state index is 0.276. The third kappa shape index (κ3) is 2.95. The van der Waals surface area contributed by atoms with Crippen LogP contribution < -0.4 is 16.2 Å². The predicted molar refractivity (Wildman–Crippen MR) is 108 cm³/mol. The summed E-state index contributed by atoms with van der Waals surface area (Å²) in [5, 5.41) is 0. The Morgan fingerprint density at radius 2 is 1.86 bits per heavy atom. The van der Waals surface area contributed by atoms with Crippen molar-refractivity contribution in [3.63, 3.8) is 0 Å². The monoisotopic (exact) mass is 372 g/mol. The van der Waals surface area contributed by atoms with E-state index >= 15 is 0 Å². The molecule has 3 aromatic heterocycles. The smallest absolute Gasteiger partial charge is 0.215 e. The van der Waals surface area contributed by atoms with Gasteiger partial charge in [-0.05, 0) is 48.7 Å². The van der Waals surface area contributed by atoms with Crippen molar-refractivity contribution in [3.05, 3.63) is 60.3 Å². The van der Waals surface area contributed by atoms with E-state index in [1.165, 1.54) is 0 Å². The van der Waals surface area contributed by atoms with Gasteiger partial charge >= 0.3 is 0 Å². The van der Waals surface area contributed by atoms with Crippen molar-refractivity contribution in [2.75, 3.05) is 5.73 Å². The highest BCUT2D eigenvalue weighted by Crippen LogP contribution is 2.32. The highest BCUT2D eigenvalue weighted by molar-refractivity contribution is 5.83. The molecule has 0 unspecified atom stereocenters. The van der Waals surface area contributed by atoms with Gasteiger partial charge in [0.1, 0.15) is 17.4 Å². The molecule has 1 aliphatic rings. The van der Waals surface area contributed by atoms with E-state index in [1.807, 2.05) is 53.1 Å². The number of benzene rings is 1. The fourth-order valence-electron chi connectivity index (χ4n) is 3.18. The molecule has 0 atom stereocenters. The second-order valence-electron chi connectivity index (χ2n) is 6.89. The van der Waals surface area contributed by atoms with Crippen molar-refractivity contribution in [2.45, 2.75) is 25.5 Å². The third-order valence-electron chi connectivity index (χ3n) is 4.80. The lowest BCUT2D eigenvalue weighted by molar-refractivity contribution is 0.292. The number of rotatable bonds is 5. The van der Waals surface area contributed by atoms with Crippen LogP contribution in [-0.2, 0) is 6.54 Å². The van der Waals surface area contributed by atoms with E-state index in [0.29, 0.717) is 24.1 Å². The second-order valence-corrected chi connectivity index (χ2v) is 6.89. The SMILES string of the molecule is NCc1ccc(-n2c(-c3cccnc3N)nc3ccc(OC4CC4)nc32)cc1. The van der Waals surface area contributed by atoms with Gasteiger partial charge in [-0.25, -0.2) is 9.97 Å². The minimum absolute atomic E-state index is 0.276. The van der Waals surface area contributed by atoms with E-state index in [4.69, 9.17) is 26.2 Å². The fourth-order valence-corrected chi connectivity index (χ4v) is 3.18. The number of anilines is 1. The first-order chi connectivity index (χ1) is 13.7. The van der Waals surface area contributed by atoms with Crippen LogP contribution in [0.15, 0.2) is 54.7 Å². The Labute approximate surface area is 162 Å². The summed E-state index contributed by atoms with van der Waals surface area (Å²) in [6, 6.07) is 15.6. The first kappa shape index (κ1) is 16.7. The zero-order chi connectivity index (χ0) is 19.1. The molecule has 5 rings (SSSR count). The molecule has 28 heavy (non-hydrogen) atoms. The molecule has 4 N–H and O–H groups in total. The summed E-state index contributed by atoms with van der Waals surface area (Å²) < 4.78 is 7.88. The predicted octanol–water partition coefficient (Wildman–Crippen LogP) is 3.06. The summed E-state index contributed by atoms with van der Waals surface area (Å²) in [6.07, 6.45) is 4.11. The maximum atomic E-state index is 6.15. The zero-order valence-electron chi connectivity index (χ0n) is 15.2. The molecular weight excluding hydrogens is 352 g/mol. The van der Waals surface area contributed by atoms with Crippen LogP contribution in [0.3, 0.4) is 0 Å². The average molecular weight is 372 g/mol. The Hall–Kier alpha value is -3.45. The van der Waals surface area contributed by atoms with Crippen molar-refractivity contribution in [1.29, 1.82) is 0 Å². The van der Waals surface area contributed by atoms with Crippen molar-refractivity contribution in [1.82, 2.24) is 19.5 Å². The van der Waals surface area contributed by atoms with Gasteiger partial charge in [0.05, 0.1) is 5.56 Å². The molecule has 1 fully saturated rings. The lowest BCUT2D eigenvalue weighted by Crippen LogP contribution is -2.04. The number of nitrogens with two attached hydrogens (primary N) is 2.